The van der Waals surface area contributed by atoms with Crippen molar-refractivity contribution in [3.05, 3.63) is 46.8 Å². The molecule has 3 aromatic rings. The number of alkyl halides is 3. The number of carbonyl (C=O) groups is 1. The molecule has 0 atom stereocenters. The predicted molar refractivity (Wildman–Crippen MR) is 115 cm³/mol. The van der Waals surface area contributed by atoms with Crippen LogP contribution in [0.1, 0.15) is 26.5 Å². The summed E-state index contributed by atoms with van der Waals surface area (Å²) in [5.41, 5.74) is -1.96. The SMILES string of the molecule is CCOc1cc(-c2ncc(NC(=O)Nc3cc(C(C)(C)C(F)(F)F)on3)cn2)c[nH]c1=O.Cl. The number of nitrogens with one attached hydrogen (secondary N) is 3. The van der Waals surface area contributed by atoms with Gasteiger partial charge in [0.1, 0.15) is 5.41 Å². The monoisotopic (exact) mass is 488 g/mol. The van der Waals surface area contributed by atoms with Crippen LogP contribution in [-0.2, 0) is 5.41 Å². The van der Waals surface area contributed by atoms with E-state index in [9.17, 15) is 22.8 Å². The molecule has 0 fully saturated rings. The number of hydrogen-bond acceptors (Lipinski definition) is 7. The number of ether oxygens (including phenoxy) is 1. The Labute approximate surface area is 191 Å². The first-order valence-electron chi connectivity index (χ1n) is 9.31. The number of anilines is 2. The average Bonchev–Trinajstić information content (AvgIpc) is 3.18. The molecule has 0 bridgehead atoms. The van der Waals surface area contributed by atoms with Crippen molar-refractivity contribution < 1.29 is 27.2 Å². The smallest absolute Gasteiger partial charge is 0.401 e. The molecule has 3 aromatic heterocycles. The molecule has 3 rings (SSSR count). The molecule has 0 aromatic carbocycles. The van der Waals surface area contributed by atoms with Crippen molar-refractivity contribution in [3.63, 3.8) is 0 Å². The van der Waals surface area contributed by atoms with E-state index in [1.807, 2.05) is 0 Å². The zero-order chi connectivity index (χ0) is 23.5. The third kappa shape index (κ3) is 5.80. The molecular weight excluding hydrogens is 469 g/mol. The lowest BCUT2D eigenvalue weighted by Crippen LogP contribution is -2.35. The largest absolute Gasteiger partial charge is 0.488 e. The molecule has 3 heterocycles. The van der Waals surface area contributed by atoms with Gasteiger partial charge in [0.25, 0.3) is 5.56 Å². The molecule has 33 heavy (non-hydrogen) atoms. The minimum atomic E-state index is -4.56. The van der Waals surface area contributed by atoms with Gasteiger partial charge in [-0.3, -0.25) is 10.1 Å². The second-order valence-corrected chi connectivity index (χ2v) is 7.09. The van der Waals surface area contributed by atoms with Crippen LogP contribution in [0, 0.1) is 0 Å². The molecule has 0 spiro atoms. The van der Waals surface area contributed by atoms with Gasteiger partial charge in [0.15, 0.2) is 23.2 Å². The lowest BCUT2D eigenvalue weighted by molar-refractivity contribution is -0.185. The van der Waals surface area contributed by atoms with E-state index in [4.69, 9.17) is 9.26 Å². The number of pyridine rings is 1. The van der Waals surface area contributed by atoms with E-state index >= 15 is 0 Å². The quantitative estimate of drug-likeness (QED) is 0.475. The predicted octanol–water partition coefficient (Wildman–Crippen LogP) is 4.12. The number of amides is 2. The number of hydrogen-bond donors (Lipinski definition) is 3. The molecule has 0 unspecified atom stereocenters. The number of urea groups is 1. The molecule has 0 aliphatic heterocycles. The maximum absolute atomic E-state index is 13.1. The standard InChI is InChI=1S/C19H19F3N6O4.ClH/c1-4-31-12-5-10(7-25-16(12)29)15-23-8-11(9-24-15)26-17(30)27-14-6-13(32-28-14)18(2,3)19(20,21)22;/h5-9H,4H2,1-3H3,(H,25,29)(H2,26,27,28,30);1H. The van der Waals surface area contributed by atoms with Gasteiger partial charge in [-0.25, -0.2) is 14.8 Å². The summed E-state index contributed by atoms with van der Waals surface area (Å²) >= 11 is 0. The first kappa shape index (κ1) is 25.6. The van der Waals surface area contributed by atoms with E-state index in [1.165, 1.54) is 24.7 Å². The highest BCUT2D eigenvalue weighted by Crippen LogP contribution is 2.41. The van der Waals surface area contributed by atoms with Crippen LogP contribution in [-0.4, -0.2) is 38.9 Å². The lowest BCUT2D eigenvalue weighted by Gasteiger charge is -2.24. The summed E-state index contributed by atoms with van der Waals surface area (Å²) in [5.74, 6) is -0.246. The van der Waals surface area contributed by atoms with Crippen LogP contribution < -0.4 is 20.9 Å². The molecule has 0 aliphatic carbocycles. The number of carbonyl (C=O) groups excluding carboxylic acids is 1. The molecule has 2 amide bonds. The number of H-pyrrole nitrogens is 1. The van der Waals surface area contributed by atoms with Crippen molar-refractivity contribution in [1.82, 2.24) is 20.1 Å². The van der Waals surface area contributed by atoms with Gasteiger partial charge in [-0.1, -0.05) is 5.16 Å². The molecule has 0 saturated carbocycles. The van der Waals surface area contributed by atoms with Gasteiger partial charge in [0, 0.05) is 17.8 Å². The summed E-state index contributed by atoms with van der Waals surface area (Å²) in [6, 6.07) is 1.70. The summed E-state index contributed by atoms with van der Waals surface area (Å²) in [6.45, 7) is 3.93. The van der Waals surface area contributed by atoms with Crippen LogP contribution in [0.5, 0.6) is 5.75 Å². The Morgan fingerprint density at radius 1 is 1.18 bits per heavy atom. The van der Waals surface area contributed by atoms with Gasteiger partial charge in [-0.05, 0) is 26.8 Å². The Morgan fingerprint density at radius 3 is 2.45 bits per heavy atom. The van der Waals surface area contributed by atoms with Crippen molar-refractivity contribution in [3.8, 4) is 17.1 Å². The fourth-order valence-electron chi connectivity index (χ4n) is 2.44. The third-order valence-electron chi connectivity index (χ3n) is 4.41. The Kier molecular flexibility index (Phi) is 7.69. The zero-order valence-electron chi connectivity index (χ0n) is 17.6. The highest BCUT2D eigenvalue weighted by atomic mass is 35.5. The summed E-state index contributed by atoms with van der Waals surface area (Å²) in [5, 5.41) is 8.14. The fraction of sp³-hybridized carbons (Fsp3) is 0.316. The van der Waals surface area contributed by atoms with Crippen molar-refractivity contribution in [2.24, 2.45) is 0 Å². The number of aromatic nitrogens is 4. The maximum Gasteiger partial charge on any atom is 0.401 e. The van der Waals surface area contributed by atoms with Crippen LogP contribution in [0.3, 0.4) is 0 Å². The lowest BCUT2D eigenvalue weighted by atomic mass is 9.89. The average molecular weight is 489 g/mol. The summed E-state index contributed by atoms with van der Waals surface area (Å²) in [7, 11) is 0. The minimum absolute atomic E-state index is 0. The maximum atomic E-state index is 13.1. The van der Waals surface area contributed by atoms with Gasteiger partial charge >= 0.3 is 12.2 Å². The third-order valence-corrected chi connectivity index (χ3v) is 4.41. The van der Waals surface area contributed by atoms with Gasteiger partial charge in [-0.2, -0.15) is 13.2 Å². The van der Waals surface area contributed by atoms with Gasteiger partial charge in [0.05, 0.1) is 24.7 Å². The number of aromatic amines is 1. The number of halogens is 4. The first-order valence-corrected chi connectivity index (χ1v) is 9.31. The number of nitrogens with zero attached hydrogens (tertiary/aromatic N) is 3. The Hall–Kier alpha value is -3.61. The second-order valence-electron chi connectivity index (χ2n) is 7.09. The summed E-state index contributed by atoms with van der Waals surface area (Å²) < 4.78 is 49.2. The molecule has 0 saturated heterocycles. The summed E-state index contributed by atoms with van der Waals surface area (Å²) in [6.07, 6.45) is -0.506. The van der Waals surface area contributed by atoms with Crippen molar-refractivity contribution in [2.75, 3.05) is 17.2 Å². The molecule has 14 heteroatoms. The Bertz CT molecular complexity index is 1160. The molecule has 178 valence electrons. The molecule has 0 radical (unpaired) electrons. The normalized spacial score (nSPS) is 11.5. The fourth-order valence-corrected chi connectivity index (χ4v) is 2.44. The van der Waals surface area contributed by atoms with Crippen molar-refractivity contribution >= 4 is 29.9 Å². The molecular formula is C19H20ClF3N6O4. The van der Waals surface area contributed by atoms with Crippen molar-refractivity contribution in [2.45, 2.75) is 32.4 Å². The minimum Gasteiger partial charge on any atom is -0.488 e. The van der Waals surface area contributed by atoms with Crippen LogP contribution in [0.2, 0.25) is 0 Å². The zero-order valence-corrected chi connectivity index (χ0v) is 18.4. The summed E-state index contributed by atoms with van der Waals surface area (Å²) in [4.78, 5) is 34.5. The van der Waals surface area contributed by atoms with Gasteiger partial charge < -0.3 is 19.6 Å². The topological polar surface area (TPSA) is 135 Å². The van der Waals surface area contributed by atoms with E-state index in [0.717, 1.165) is 19.9 Å². The molecule has 0 aliphatic rings. The van der Waals surface area contributed by atoms with Gasteiger partial charge in [-0.15, -0.1) is 12.4 Å². The second kappa shape index (κ2) is 9.90. The first-order chi connectivity index (χ1) is 15.0. The van der Waals surface area contributed by atoms with Crippen LogP contribution >= 0.6 is 12.4 Å². The molecule has 3 N–H and O–H groups in total. The van der Waals surface area contributed by atoms with E-state index in [1.54, 1.807) is 6.92 Å². The van der Waals surface area contributed by atoms with Crippen LogP contribution in [0.15, 0.2) is 40.0 Å². The van der Waals surface area contributed by atoms with E-state index in [-0.39, 0.29) is 41.0 Å². The Balaban J connectivity index is 0.00000385. The van der Waals surface area contributed by atoms with E-state index < -0.39 is 23.4 Å². The highest BCUT2D eigenvalue weighted by Gasteiger charge is 2.51. The van der Waals surface area contributed by atoms with E-state index in [0.29, 0.717) is 12.2 Å². The van der Waals surface area contributed by atoms with Crippen LogP contribution in [0.4, 0.5) is 29.5 Å². The van der Waals surface area contributed by atoms with Crippen LogP contribution in [0.25, 0.3) is 11.4 Å². The number of rotatable bonds is 6. The molecule has 10 nitrogen and oxygen atoms in total. The Morgan fingerprint density at radius 2 is 1.85 bits per heavy atom. The highest BCUT2D eigenvalue weighted by molar-refractivity contribution is 5.98. The van der Waals surface area contributed by atoms with Crippen molar-refractivity contribution in [1.29, 1.82) is 0 Å². The van der Waals surface area contributed by atoms with Gasteiger partial charge in [0.2, 0.25) is 0 Å². The van der Waals surface area contributed by atoms with E-state index in [2.05, 4.69) is 30.7 Å².